The van der Waals surface area contributed by atoms with E-state index in [1.807, 2.05) is 18.3 Å². The first-order chi connectivity index (χ1) is 14.2. The number of nitrogens with one attached hydrogen (secondary N) is 2. The molecule has 29 heavy (non-hydrogen) atoms. The molecule has 4 rings (SSSR count). The van der Waals surface area contributed by atoms with Crippen LogP contribution in [-0.2, 0) is 11.3 Å². The fourth-order valence-electron chi connectivity index (χ4n) is 3.63. The Morgan fingerprint density at radius 3 is 2.79 bits per heavy atom. The van der Waals surface area contributed by atoms with Crippen LogP contribution in [0.15, 0.2) is 49.1 Å². The van der Waals surface area contributed by atoms with Crippen molar-refractivity contribution in [1.29, 1.82) is 0 Å². The van der Waals surface area contributed by atoms with Gasteiger partial charge in [-0.2, -0.15) is 0 Å². The van der Waals surface area contributed by atoms with E-state index in [0.29, 0.717) is 11.6 Å². The van der Waals surface area contributed by atoms with Crippen molar-refractivity contribution in [2.24, 2.45) is 0 Å². The molecule has 1 aliphatic rings. The molecule has 3 aromatic rings. The number of hydrogen-bond donors (Lipinski definition) is 2. The maximum Gasteiger partial charge on any atom is 0.241 e. The van der Waals surface area contributed by atoms with E-state index >= 15 is 0 Å². The molecular weight excluding hydrogens is 368 g/mol. The fourth-order valence-corrected chi connectivity index (χ4v) is 3.63. The van der Waals surface area contributed by atoms with Crippen LogP contribution in [0.3, 0.4) is 0 Å². The number of carbonyl (C=O) groups excluding carboxylic acids is 1. The summed E-state index contributed by atoms with van der Waals surface area (Å²) >= 11 is 0. The number of carbonyl (C=O) groups is 1. The van der Waals surface area contributed by atoms with Gasteiger partial charge >= 0.3 is 0 Å². The summed E-state index contributed by atoms with van der Waals surface area (Å²) in [5.74, 6) is 2.31. The van der Waals surface area contributed by atoms with Gasteiger partial charge in [-0.05, 0) is 43.7 Å². The smallest absolute Gasteiger partial charge is 0.241 e. The molecule has 0 unspecified atom stereocenters. The molecular formula is C21H24N6O2. The van der Waals surface area contributed by atoms with E-state index in [0.717, 1.165) is 49.7 Å². The summed E-state index contributed by atoms with van der Waals surface area (Å²) in [7, 11) is 0. The van der Waals surface area contributed by atoms with Crippen molar-refractivity contribution in [2.45, 2.75) is 32.2 Å². The monoisotopic (exact) mass is 392 g/mol. The number of anilines is 1. The zero-order valence-electron chi connectivity index (χ0n) is 16.3. The molecule has 2 aromatic heterocycles. The minimum atomic E-state index is -0.105. The molecule has 1 aromatic carbocycles. The largest absolute Gasteiger partial charge is 0.437 e. The molecule has 0 saturated carbocycles. The van der Waals surface area contributed by atoms with Gasteiger partial charge in [0.1, 0.15) is 17.3 Å². The summed E-state index contributed by atoms with van der Waals surface area (Å²) in [6.45, 7) is 4.20. The Hall–Kier alpha value is -3.26. The number of ether oxygens (including phenoxy) is 1. The van der Waals surface area contributed by atoms with E-state index in [9.17, 15) is 4.79 Å². The van der Waals surface area contributed by atoms with Gasteiger partial charge in [0.05, 0.1) is 6.54 Å². The van der Waals surface area contributed by atoms with Crippen molar-refractivity contribution < 1.29 is 9.53 Å². The van der Waals surface area contributed by atoms with Gasteiger partial charge < -0.3 is 15.0 Å². The van der Waals surface area contributed by atoms with E-state index in [-0.39, 0.29) is 11.8 Å². The standard InChI is InChI=1S/C21H24N6O2/c1-15(28)26-17-4-6-18(7-5-17)29-21-20(24-10-11-25-21)16-3-2-12-27(13-16)14-19-22-8-9-23-19/h4-11,16H,2-3,12-14H2,1H3,(H,22,23)(H,26,28)/t16-/m1/s1. The van der Waals surface area contributed by atoms with Gasteiger partial charge in [0.25, 0.3) is 0 Å². The van der Waals surface area contributed by atoms with Crippen LogP contribution in [0.1, 0.15) is 37.2 Å². The van der Waals surface area contributed by atoms with Gasteiger partial charge in [-0.15, -0.1) is 0 Å². The molecule has 1 fully saturated rings. The van der Waals surface area contributed by atoms with E-state index < -0.39 is 0 Å². The van der Waals surface area contributed by atoms with Crippen molar-refractivity contribution in [3.8, 4) is 11.6 Å². The SMILES string of the molecule is CC(=O)Nc1ccc(Oc2nccnc2[C@@H]2CCCN(Cc3ncc[nH]3)C2)cc1. The summed E-state index contributed by atoms with van der Waals surface area (Å²) in [4.78, 5) is 30.1. The highest BCUT2D eigenvalue weighted by Crippen LogP contribution is 2.33. The third-order valence-electron chi connectivity index (χ3n) is 4.90. The normalized spacial score (nSPS) is 17.1. The summed E-state index contributed by atoms with van der Waals surface area (Å²) < 4.78 is 6.04. The number of nitrogens with zero attached hydrogens (tertiary/aromatic N) is 4. The van der Waals surface area contributed by atoms with E-state index in [4.69, 9.17) is 4.74 Å². The van der Waals surface area contributed by atoms with Crippen molar-refractivity contribution in [2.75, 3.05) is 18.4 Å². The second kappa shape index (κ2) is 8.83. The third kappa shape index (κ3) is 4.97. The average molecular weight is 392 g/mol. The molecule has 3 heterocycles. The van der Waals surface area contributed by atoms with Crippen LogP contribution in [0.4, 0.5) is 5.69 Å². The van der Waals surface area contributed by atoms with Gasteiger partial charge in [0.15, 0.2) is 0 Å². The molecule has 1 saturated heterocycles. The lowest BCUT2D eigenvalue weighted by molar-refractivity contribution is -0.114. The Balaban J connectivity index is 1.47. The number of benzene rings is 1. The first kappa shape index (κ1) is 19.1. The Bertz CT molecular complexity index is 942. The van der Waals surface area contributed by atoms with Crippen LogP contribution < -0.4 is 10.1 Å². The molecule has 0 aliphatic carbocycles. The predicted molar refractivity (Wildman–Crippen MR) is 109 cm³/mol. The highest BCUT2D eigenvalue weighted by molar-refractivity contribution is 5.88. The zero-order chi connectivity index (χ0) is 20.1. The van der Waals surface area contributed by atoms with Gasteiger partial charge in [-0.1, -0.05) is 0 Å². The van der Waals surface area contributed by atoms with Gasteiger partial charge in [-0.3, -0.25) is 14.7 Å². The first-order valence-corrected chi connectivity index (χ1v) is 9.74. The maximum atomic E-state index is 11.2. The minimum absolute atomic E-state index is 0.105. The minimum Gasteiger partial charge on any atom is -0.437 e. The second-order valence-electron chi connectivity index (χ2n) is 7.16. The number of aromatic nitrogens is 4. The number of H-pyrrole nitrogens is 1. The summed E-state index contributed by atoms with van der Waals surface area (Å²) in [6.07, 6.45) is 9.13. The van der Waals surface area contributed by atoms with E-state index in [1.165, 1.54) is 6.92 Å². The first-order valence-electron chi connectivity index (χ1n) is 9.74. The number of hydrogen-bond acceptors (Lipinski definition) is 6. The maximum absolute atomic E-state index is 11.2. The highest BCUT2D eigenvalue weighted by Gasteiger charge is 2.26. The van der Waals surface area contributed by atoms with Crippen LogP contribution in [0.2, 0.25) is 0 Å². The molecule has 0 bridgehead atoms. The molecule has 8 heteroatoms. The number of amides is 1. The van der Waals surface area contributed by atoms with Crippen molar-refractivity contribution in [1.82, 2.24) is 24.8 Å². The molecule has 1 atom stereocenters. The van der Waals surface area contributed by atoms with Crippen LogP contribution in [0.5, 0.6) is 11.6 Å². The summed E-state index contributed by atoms with van der Waals surface area (Å²) in [5.41, 5.74) is 1.60. The predicted octanol–water partition coefficient (Wildman–Crippen LogP) is 3.33. The van der Waals surface area contributed by atoms with Crippen LogP contribution in [0, 0.1) is 0 Å². The Morgan fingerprint density at radius 1 is 1.21 bits per heavy atom. The number of aromatic amines is 1. The molecule has 1 aliphatic heterocycles. The van der Waals surface area contributed by atoms with Crippen LogP contribution in [0.25, 0.3) is 0 Å². The summed E-state index contributed by atoms with van der Waals surface area (Å²) in [5, 5.41) is 2.75. The Morgan fingerprint density at radius 2 is 2.03 bits per heavy atom. The lowest BCUT2D eigenvalue weighted by Gasteiger charge is -2.32. The molecule has 1 amide bonds. The topological polar surface area (TPSA) is 96.0 Å². The Labute approximate surface area is 169 Å². The van der Waals surface area contributed by atoms with Gasteiger partial charge in [-0.25, -0.2) is 9.97 Å². The lowest BCUT2D eigenvalue weighted by Crippen LogP contribution is -2.34. The molecule has 0 spiro atoms. The number of likely N-dealkylation sites (tertiary alicyclic amines) is 1. The van der Waals surface area contributed by atoms with Crippen LogP contribution >= 0.6 is 0 Å². The van der Waals surface area contributed by atoms with Crippen molar-refractivity contribution >= 4 is 11.6 Å². The summed E-state index contributed by atoms with van der Waals surface area (Å²) in [6, 6.07) is 7.23. The number of imidazole rings is 1. The fraction of sp³-hybridized carbons (Fsp3) is 0.333. The van der Waals surface area contributed by atoms with Crippen molar-refractivity contribution in [3.05, 3.63) is 60.6 Å². The number of rotatable bonds is 6. The van der Waals surface area contributed by atoms with Crippen molar-refractivity contribution in [3.63, 3.8) is 0 Å². The molecule has 0 radical (unpaired) electrons. The van der Waals surface area contributed by atoms with E-state index in [1.54, 1.807) is 30.7 Å². The van der Waals surface area contributed by atoms with Gasteiger partial charge in [0.2, 0.25) is 11.8 Å². The zero-order valence-corrected chi connectivity index (χ0v) is 16.3. The lowest BCUT2D eigenvalue weighted by atomic mass is 9.94. The molecule has 2 N–H and O–H groups in total. The molecule has 8 nitrogen and oxygen atoms in total. The highest BCUT2D eigenvalue weighted by atomic mass is 16.5. The molecule has 150 valence electrons. The quantitative estimate of drug-likeness (QED) is 0.668. The van der Waals surface area contributed by atoms with Crippen LogP contribution in [-0.4, -0.2) is 43.8 Å². The number of piperidine rings is 1. The third-order valence-corrected chi connectivity index (χ3v) is 4.90. The van der Waals surface area contributed by atoms with E-state index in [2.05, 4.69) is 30.2 Å². The Kier molecular flexibility index (Phi) is 5.81. The second-order valence-corrected chi connectivity index (χ2v) is 7.16. The van der Waals surface area contributed by atoms with Gasteiger partial charge in [0, 0.05) is 49.9 Å². The average Bonchev–Trinajstić information content (AvgIpc) is 3.23.